The van der Waals surface area contributed by atoms with E-state index in [1.807, 2.05) is 41.5 Å². The summed E-state index contributed by atoms with van der Waals surface area (Å²) >= 11 is 0. The number of hydrogen-bond acceptors (Lipinski definition) is 12. The molecule has 0 aromatic heterocycles. The fourth-order valence-electron chi connectivity index (χ4n) is 10.0. The Morgan fingerprint density at radius 2 is 0.939 bits per heavy atom. The second-order valence-corrected chi connectivity index (χ2v) is 24.6. The minimum Gasteiger partial charge on any atom is -0.390 e. The molecule has 1 heterocycles. The van der Waals surface area contributed by atoms with Crippen LogP contribution in [0, 0.1) is 35.5 Å². The number of carbonyl (C=O) groups is 11. The van der Waals surface area contributed by atoms with E-state index in [1.54, 1.807) is 60.6 Å². The summed E-state index contributed by atoms with van der Waals surface area (Å²) in [5.74, 6) is -9.66. The maximum absolute atomic E-state index is 15.1. The first-order valence-corrected chi connectivity index (χ1v) is 29.2. The lowest BCUT2D eigenvalue weighted by atomic mass is 9.91. The van der Waals surface area contributed by atoms with Crippen molar-refractivity contribution in [2.75, 3.05) is 55.9 Å². The van der Waals surface area contributed by atoms with E-state index in [9.17, 15) is 48.3 Å². The molecule has 23 heteroatoms. The number of rotatable bonds is 13. The summed E-state index contributed by atoms with van der Waals surface area (Å²) < 4.78 is 0. The van der Waals surface area contributed by atoms with Crippen LogP contribution >= 0.6 is 0 Å². The molecule has 82 heavy (non-hydrogen) atoms. The van der Waals surface area contributed by atoms with Gasteiger partial charge in [0, 0.05) is 49.3 Å². The van der Waals surface area contributed by atoms with Crippen molar-refractivity contribution in [2.45, 2.75) is 209 Å². The van der Waals surface area contributed by atoms with Crippen LogP contribution in [-0.4, -0.2) is 227 Å². The summed E-state index contributed by atoms with van der Waals surface area (Å²) in [6, 6.07) is -12.3. The summed E-state index contributed by atoms with van der Waals surface area (Å²) in [6.45, 7) is 26.9. The molecule has 23 nitrogen and oxygen atoms in total. The van der Waals surface area contributed by atoms with Crippen LogP contribution in [0.4, 0.5) is 0 Å². The molecule has 0 aromatic carbocycles. The number of nitrogens with zero attached hydrogens (tertiary/aromatic N) is 7. The Bertz CT molecular complexity index is 2260. The van der Waals surface area contributed by atoms with E-state index in [0.29, 0.717) is 6.42 Å². The van der Waals surface area contributed by atoms with Gasteiger partial charge < -0.3 is 60.7 Å². The molecule has 0 saturated carbocycles. The van der Waals surface area contributed by atoms with Crippen molar-refractivity contribution >= 4 is 65.0 Å². The van der Waals surface area contributed by atoms with Crippen LogP contribution in [0.25, 0.3) is 0 Å². The maximum atomic E-state index is 15.1. The lowest BCUT2D eigenvalue weighted by Gasteiger charge is -2.41. The molecule has 0 spiro atoms. The van der Waals surface area contributed by atoms with E-state index in [0.717, 1.165) is 14.7 Å². The van der Waals surface area contributed by atoms with Gasteiger partial charge in [-0.3, -0.25) is 52.7 Å². The Morgan fingerprint density at radius 3 is 1.40 bits per heavy atom. The minimum atomic E-state index is -1.61. The first kappa shape index (κ1) is 73.9. The highest BCUT2D eigenvalue weighted by Crippen LogP contribution is 2.25. The van der Waals surface area contributed by atoms with Crippen LogP contribution in [0.1, 0.15) is 143 Å². The van der Waals surface area contributed by atoms with Gasteiger partial charge in [-0.1, -0.05) is 95.2 Å². The van der Waals surface area contributed by atoms with Crippen molar-refractivity contribution in [3.63, 3.8) is 0 Å². The van der Waals surface area contributed by atoms with Gasteiger partial charge in [0.15, 0.2) is 0 Å². The molecule has 11 amide bonds. The number of aliphatic hydroxyl groups is 1. The lowest BCUT2D eigenvalue weighted by Crippen LogP contribution is -2.63. The third kappa shape index (κ3) is 20.1. The molecule has 0 radical (unpaired) electrons. The second-order valence-electron chi connectivity index (χ2n) is 24.6. The molecule has 1 rings (SSSR count). The molecule has 1 saturated heterocycles. The van der Waals surface area contributed by atoms with Crippen LogP contribution in [0.3, 0.4) is 0 Å². The molecule has 5 N–H and O–H groups in total. The number of likely N-dealkylation sites (N-methyl/N-ethyl adjacent to an activating group) is 7. The normalized spacial score (nSPS) is 27.4. The minimum absolute atomic E-state index is 0.0233. The first-order valence-electron chi connectivity index (χ1n) is 29.2. The van der Waals surface area contributed by atoms with Gasteiger partial charge in [0.2, 0.25) is 65.0 Å². The SMILES string of the molecule is C/C=C/C[C@@H](C)[C@@H](O)[C@H]1C(=O)N[C@@H](CC)C(=O)N(C)CC(=O)N(C)[C@H](C)C(=O)N[C@@H](C(C)C)C(=O)N(C)[C@@H](CC(C)C)C(=O)N[C@@H](C)C(=O)N[C@H](C)C(=O)N(C)[C@@H](CC(C)C)C(=O)N(C)[C@@H](CC(C)C)C(=O)N(C)[C@@H](C(C)C)C(=O)N1C. The van der Waals surface area contributed by atoms with Crippen molar-refractivity contribution in [2.24, 2.45) is 35.5 Å². The quantitative estimate of drug-likeness (QED) is 0.166. The van der Waals surface area contributed by atoms with Gasteiger partial charge in [-0.25, -0.2) is 0 Å². The highest BCUT2D eigenvalue weighted by molar-refractivity contribution is 5.99. The van der Waals surface area contributed by atoms with Gasteiger partial charge in [0.1, 0.15) is 60.4 Å². The Kier molecular flexibility index (Phi) is 29.9. The molecular weight excluding hydrogens is 1050 g/mol. The van der Waals surface area contributed by atoms with E-state index in [-0.39, 0.29) is 43.4 Å². The predicted octanol–water partition coefficient (Wildman–Crippen LogP) is 2.24. The van der Waals surface area contributed by atoms with Gasteiger partial charge in [-0.15, -0.1) is 0 Å². The Balaban J connectivity index is 4.23. The van der Waals surface area contributed by atoms with Gasteiger partial charge in [0.05, 0.1) is 12.6 Å². The average Bonchev–Trinajstić information content (AvgIpc) is 3.40. The van der Waals surface area contributed by atoms with Crippen molar-refractivity contribution in [3.8, 4) is 0 Å². The van der Waals surface area contributed by atoms with E-state index in [1.165, 1.54) is 89.7 Å². The largest absolute Gasteiger partial charge is 0.390 e. The smallest absolute Gasteiger partial charge is 0.246 e. The third-order valence-corrected chi connectivity index (χ3v) is 15.6. The van der Waals surface area contributed by atoms with Gasteiger partial charge >= 0.3 is 0 Å². The van der Waals surface area contributed by atoms with Crippen LogP contribution in [0.15, 0.2) is 12.2 Å². The first-order chi connectivity index (χ1) is 37.8. The van der Waals surface area contributed by atoms with E-state index >= 15 is 9.59 Å². The molecule has 12 atom stereocenters. The molecule has 1 aliphatic heterocycles. The van der Waals surface area contributed by atoms with Crippen LogP contribution < -0.4 is 21.3 Å². The molecule has 1 fully saturated rings. The topological polar surface area (TPSA) is 279 Å². The number of nitrogens with one attached hydrogen (secondary N) is 4. The summed E-state index contributed by atoms with van der Waals surface area (Å²) in [6.07, 6.45) is 2.88. The Hall–Kier alpha value is -6.13. The van der Waals surface area contributed by atoms with Crippen molar-refractivity contribution in [1.29, 1.82) is 0 Å². The Labute approximate surface area is 489 Å². The molecule has 468 valence electrons. The zero-order chi connectivity index (χ0) is 63.7. The van der Waals surface area contributed by atoms with Crippen molar-refractivity contribution < 1.29 is 57.8 Å². The number of carbonyl (C=O) groups excluding carboxylic acids is 11. The van der Waals surface area contributed by atoms with Gasteiger partial charge in [-0.2, -0.15) is 0 Å². The van der Waals surface area contributed by atoms with Gasteiger partial charge in [-0.05, 0) is 95.3 Å². The zero-order valence-corrected chi connectivity index (χ0v) is 53.8. The predicted molar refractivity (Wildman–Crippen MR) is 315 cm³/mol. The number of allylic oxidation sites excluding steroid dienone is 2. The Morgan fingerprint density at radius 1 is 0.488 bits per heavy atom. The summed E-state index contributed by atoms with van der Waals surface area (Å²) in [5.41, 5.74) is 0. The average molecular weight is 1160 g/mol. The molecule has 0 bridgehead atoms. The highest BCUT2D eigenvalue weighted by Gasteiger charge is 2.45. The van der Waals surface area contributed by atoms with Crippen molar-refractivity contribution in [1.82, 2.24) is 55.6 Å². The van der Waals surface area contributed by atoms with Crippen molar-refractivity contribution in [3.05, 3.63) is 12.2 Å². The van der Waals surface area contributed by atoms with Crippen LogP contribution in [-0.2, 0) is 52.7 Å². The number of aliphatic hydroxyl groups excluding tert-OH is 1. The van der Waals surface area contributed by atoms with E-state index < -0.39 is 156 Å². The summed E-state index contributed by atoms with van der Waals surface area (Å²) in [4.78, 5) is 167. The lowest BCUT2D eigenvalue weighted by molar-refractivity contribution is -0.157. The monoisotopic (exact) mass is 1160 g/mol. The molecule has 0 aliphatic carbocycles. The highest BCUT2D eigenvalue weighted by atomic mass is 16.3. The molecule has 0 aromatic rings. The zero-order valence-electron chi connectivity index (χ0n) is 53.8. The van der Waals surface area contributed by atoms with E-state index in [2.05, 4.69) is 21.3 Å². The molecule has 0 unspecified atom stereocenters. The van der Waals surface area contributed by atoms with Gasteiger partial charge in [0.25, 0.3) is 0 Å². The fraction of sp³-hybridized carbons (Fsp3) is 0.780. The number of hydrogen-bond donors (Lipinski definition) is 5. The summed E-state index contributed by atoms with van der Waals surface area (Å²) in [7, 11) is 9.80. The third-order valence-electron chi connectivity index (χ3n) is 15.6. The maximum Gasteiger partial charge on any atom is 0.246 e. The summed E-state index contributed by atoms with van der Waals surface area (Å²) in [5, 5.41) is 22.8. The standard InChI is InChI=1S/C59H105N11O12/c1-24-26-27-37(13)49(72)48-53(76)62-41(25-2)55(78)64(17)31-45(71)65(18)40(16)51(74)63-46(35(9)10)58(81)66(19)42(28-32(3)4)52(75)60-38(14)50(73)61-39(15)54(77)67(20)43(29-33(5)6)56(79)68(21)44(30-34(7)8)57(80)69(22)47(36(11)12)59(82)70(48)23/h24,26,32-44,46-49,72H,25,27-31H2,1-23H3,(H,60,75)(H,61,73)(H,62,76)(H,63,74)/b26-24+/t37-,38+,39-,40-,41+,42+,43+,44+,46+,47+,48+,49-/m1/s1. The molecule has 1 aliphatic rings. The number of amides is 11. The second kappa shape index (κ2) is 33.2. The van der Waals surface area contributed by atoms with E-state index in [4.69, 9.17) is 0 Å². The van der Waals surface area contributed by atoms with Crippen LogP contribution in [0.2, 0.25) is 0 Å². The van der Waals surface area contributed by atoms with Crippen LogP contribution in [0.5, 0.6) is 0 Å². The fourth-order valence-corrected chi connectivity index (χ4v) is 10.0. The molecular formula is C59H105N11O12.